The van der Waals surface area contributed by atoms with E-state index < -0.39 is 5.41 Å². The van der Waals surface area contributed by atoms with Crippen LogP contribution in [0.5, 0.6) is 11.5 Å². The van der Waals surface area contributed by atoms with Gasteiger partial charge in [0.05, 0.1) is 17.1 Å². The second-order valence-corrected chi connectivity index (χ2v) is 9.62. The Balaban J connectivity index is 1.52. The lowest BCUT2D eigenvalue weighted by Gasteiger charge is -2.39. The summed E-state index contributed by atoms with van der Waals surface area (Å²) in [7, 11) is 0. The summed E-state index contributed by atoms with van der Waals surface area (Å²) in [5.74, 6) is 1.81. The van der Waals surface area contributed by atoms with E-state index in [-0.39, 0.29) is 0 Å². The molecule has 0 radical (unpaired) electrons. The lowest BCUT2D eigenvalue weighted by molar-refractivity contribution is 0.436. The highest BCUT2D eigenvalue weighted by molar-refractivity contribution is 7.00. The summed E-state index contributed by atoms with van der Waals surface area (Å²) < 4.78 is 15.5. The van der Waals surface area contributed by atoms with Crippen molar-refractivity contribution < 1.29 is 4.74 Å². The number of nitrogens with zero attached hydrogens (tertiary/aromatic N) is 2. The number of benzene rings is 5. The first-order chi connectivity index (χ1) is 17.4. The Labute approximate surface area is 206 Å². The summed E-state index contributed by atoms with van der Waals surface area (Å²) in [5, 5.41) is 0. The fourth-order valence-corrected chi connectivity index (χ4v) is 6.61. The van der Waals surface area contributed by atoms with Gasteiger partial charge in [-0.3, -0.25) is 0 Å². The van der Waals surface area contributed by atoms with Crippen molar-refractivity contribution >= 4 is 22.8 Å². The van der Waals surface area contributed by atoms with Gasteiger partial charge < -0.3 is 4.74 Å². The molecule has 0 atom stereocenters. The molecule has 4 heteroatoms. The van der Waals surface area contributed by atoms with E-state index in [9.17, 15) is 0 Å². The summed E-state index contributed by atoms with van der Waals surface area (Å²) in [6.07, 6.45) is 0. The van der Waals surface area contributed by atoms with Gasteiger partial charge in [0, 0.05) is 16.7 Å². The number of fused-ring (bicyclic) bond motifs is 10. The van der Waals surface area contributed by atoms with Crippen molar-refractivity contribution in [2.24, 2.45) is 0 Å². The third-order valence-electron chi connectivity index (χ3n) is 7.44. The van der Waals surface area contributed by atoms with E-state index in [2.05, 4.69) is 112 Å². The molecule has 0 N–H and O–H groups in total. The fourth-order valence-electron chi connectivity index (χ4n) is 6.06. The van der Waals surface area contributed by atoms with Crippen molar-refractivity contribution in [3.05, 3.63) is 131 Å². The summed E-state index contributed by atoms with van der Waals surface area (Å²) in [4.78, 5) is 0. The Morgan fingerprint density at radius 1 is 0.543 bits per heavy atom. The molecule has 1 aliphatic carbocycles. The molecule has 0 bridgehead atoms. The van der Waals surface area contributed by atoms with E-state index in [0.29, 0.717) is 0 Å². The van der Waals surface area contributed by atoms with Gasteiger partial charge in [-0.1, -0.05) is 84.9 Å². The van der Waals surface area contributed by atoms with Crippen LogP contribution in [0.15, 0.2) is 109 Å². The molecule has 164 valence electrons. The summed E-state index contributed by atoms with van der Waals surface area (Å²) in [6.45, 7) is 0. The maximum atomic E-state index is 6.44. The largest absolute Gasteiger partial charge is 0.457 e. The van der Waals surface area contributed by atoms with Crippen LogP contribution in [-0.2, 0) is 5.41 Å². The molecular weight excluding hydrogens is 448 g/mol. The van der Waals surface area contributed by atoms with E-state index in [1.54, 1.807) is 0 Å². The highest BCUT2D eigenvalue weighted by atomic mass is 32.1. The van der Waals surface area contributed by atoms with Crippen LogP contribution in [0.2, 0.25) is 0 Å². The van der Waals surface area contributed by atoms with Crippen molar-refractivity contribution in [1.29, 1.82) is 0 Å². The van der Waals surface area contributed by atoms with E-state index >= 15 is 0 Å². The van der Waals surface area contributed by atoms with E-state index in [1.165, 1.54) is 45.1 Å². The Morgan fingerprint density at radius 2 is 1.20 bits per heavy atom. The minimum absolute atomic E-state index is 0.457. The van der Waals surface area contributed by atoms with Gasteiger partial charge in [-0.05, 0) is 52.1 Å². The molecule has 1 aromatic heterocycles. The molecule has 0 fully saturated rings. The zero-order valence-electron chi connectivity index (χ0n) is 18.6. The SMILES string of the molecule is c1ccc2c(c1)Oc1ccccc1C21c2ccccc2-c2ccc(-c3cccc4nsnc34)cc21. The number of aromatic nitrogens is 2. The molecule has 3 nitrogen and oxygen atoms in total. The Hall–Kier alpha value is -4.28. The molecule has 2 heterocycles. The van der Waals surface area contributed by atoms with Crippen LogP contribution in [0.4, 0.5) is 0 Å². The van der Waals surface area contributed by atoms with Crippen molar-refractivity contribution in [2.75, 3.05) is 0 Å². The molecule has 0 saturated carbocycles. The third kappa shape index (κ3) is 2.39. The van der Waals surface area contributed by atoms with E-state index in [0.717, 1.165) is 33.7 Å². The number of rotatable bonds is 1. The monoisotopic (exact) mass is 466 g/mol. The van der Waals surface area contributed by atoms with Gasteiger partial charge in [0.1, 0.15) is 22.5 Å². The second-order valence-electron chi connectivity index (χ2n) is 9.09. The molecule has 5 aromatic carbocycles. The van der Waals surface area contributed by atoms with Crippen LogP contribution in [0.1, 0.15) is 22.3 Å². The van der Waals surface area contributed by atoms with Gasteiger partial charge in [-0.15, -0.1) is 0 Å². The quantitative estimate of drug-likeness (QED) is 0.247. The average Bonchev–Trinajstić information content (AvgIpc) is 3.51. The zero-order chi connectivity index (χ0) is 23.0. The highest BCUT2D eigenvalue weighted by Crippen LogP contribution is 2.62. The summed E-state index contributed by atoms with van der Waals surface area (Å²) in [6, 6.07) is 38.8. The molecule has 0 saturated heterocycles. The van der Waals surface area contributed by atoms with Gasteiger partial charge in [0.2, 0.25) is 0 Å². The number of hydrogen-bond donors (Lipinski definition) is 0. The lowest BCUT2D eigenvalue weighted by atomic mass is 9.66. The number of hydrogen-bond acceptors (Lipinski definition) is 4. The molecule has 0 amide bonds. The van der Waals surface area contributed by atoms with Crippen LogP contribution >= 0.6 is 11.7 Å². The van der Waals surface area contributed by atoms with Crippen molar-refractivity contribution in [3.8, 4) is 33.8 Å². The first-order valence-corrected chi connectivity index (χ1v) is 12.4. The van der Waals surface area contributed by atoms with Gasteiger partial charge in [-0.2, -0.15) is 8.75 Å². The molecule has 6 aromatic rings. The molecule has 8 rings (SSSR count). The predicted octanol–water partition coefficient (Wildman–Crippen LogP) is 7.83. The van der Waals surface area contributed by atoms with Crippen LogP contribution in [0.3, 0.4) is 0 Å². The highest BCUT2D eigenvalue weighted by Gasteiger charge is 2.50. The summed E-state index contributed by atoms with van der Waals surface area (Å²) in [5.41, 5.74) is 11.2. The van der Waals surface area contributed by atoms with Crippen molar-refractivity contribution in [1.82, 2.24) is 8.75 Å². The molecule has 1 spiro atoms. The zero-order valence-corrected chi connectivity index (χ0v) is 19.4. The molecule has 35 heavy (non-hydrogen) atoms. The number of para-hydroxylation sites is 2. The molecule has 0 unspecified atom stereocenters. The van der Waals surface area contributed by atoms with Crippen LogP contribution in [0, 0.1) is 0 Å². The van der Waals surface area contributed by atoms with Crippen molar-refractivity contribution in [2.45, 2.75) is 5.41 Å². The average molecular weight is 467 g/mol. The first kappa shape index (κ1) is 19.1. The van der Waals surface area contributed by atoms with E-state index in [1.807, 2.05) is 6.07 Å². The van der Waals surface area contributed by atoms with Crippen LogP contribution < -0.4 is 4.74 Å². The predicted molar refractivity (Wildman–Crippen MR) is 140 cm³/mol. The van der Waals surface area contributed by atoms with Crippen LogP contribution in [-0.4, -0.2) is 8.75 Å². The Kier molecular flexibility index (Phi) is 3.75. The smallest absolute Gasteiger partial charge is 0.132 e. The first-order valence-electron chi connectivity index (χ1n) is 11.7. The Morgan fingerprint density at radius 3 is 2.00 bits per heavy atom. The van der Waals surface area contributed by atoms with Gasteiger partial charge in [-0.25, -0.2) is 0 Å². The third-order valence-corrected chi connectivity index (χ3v) is 7.99. The van der Waals surface area contributed by atoms with Gasteiger partial charge >= 0.3 is 0 Å². The van der Waals surface area contributed by atoms with Gasteiger partial charge in [0.15, 0.2) is 0 Å². The van der Waals surface area contributed by atoms with Crippen LogP contribution in [0.25, 0.3) is 33.3 Å². The fraction of sp³-hybridized carbons (Fsp3) is 0.0323. The van der Waals surface area contributed by atoms with E-state index in [4.69, 9.17) is 4.74 Å². The summed E-state index contributed by atoms with van der Waals surface area (Å²) >= 11 is 1.26. The minimum Gasteiger partial charge on any atom is -0.457 e. The molecule has 2 aliphatic rings. The maximum absolute atomic E-state index is 6.44. The standard InChI is InChI=1S/C31H18N2OS/c1-2-10-23-21(8-1)22-17-16-19(20-9-7-13-27-30(20)33-35-32-27)18-26(22)31(23)24-11-3-5-14-28(24)34-29-15-6-4-12-25(29)31/h1-18H. The molecule has 1 aliphatic heterocycles. The second kappa shape index (κ2) is 6.87. The molecular formula is C31H18N2OS. The minimum atomic E-state index is -0.457. The normalized spacial score (nSPS) is 14.2. The topological polar surface area (TPSA) is 35.0 Å². The van der Waals surface area contributed by atoms with Gasteiger partial charge in [0.25, 0.3) is 0 Å². The Bertz CT molecular complexity index is 1760. The van der Waals surface area contributed by atoms with Crippen molar-refractivity contribution in [3.63, 3.8) is 0 Å². The number of ether oxygens (including phenoxy) is 1. The maximum Gasteiger partial charge on any atom is 0.132 e. The lowest BCUT2D eigenvalue weighted by Crippen LogP contribution is -2.32.